The summed E-state index contributed by atoms with van der Waals surface area (Å²) in [6.45, 7) is 0. The van der Waals surface area contributed by atoms with E-state index in [9.17, 15) is 5.11 Å². The van der Waals surface area contributed by atoms with Crippen LogP contribution in [0.1, 0.15) is 5.56 Å². The minimum Gasteiger partial charge on any atom is -0.462 e. The Morgan fingerprint density at radius 1 is 1.46 bits per heavy atom. The van der Waals surface area contributed by atoms with Crippen molar-refractivity contribution < 1.29 is 14.6 Å². The highest BCUT2D eigenvalue weighted by molar-refractivity contribution is 5.35. The molecule has 0 fully saturated rings. The fourth-order valence-electron chi connectivity index (χ4n) is 1.52. The number of para-hydroxylation sites is 1. The molecule has 2 unspecified atom stereocenters. The second-order valence-corrected chi connectivity index (χ2v) is 3.10. The lowest BCUT2D eigenvalue weighted by Gasteiger charge is -2.28. The predicted octanol–water partition coefficient (Wildman–Crippen LogP) is 0.955. The van der Waals surface area contributed by atoms with E-state index >= 15 is 0 Å². The van der Waals surface area contributed by atoms with Crippen LogP contribution >= 0.6 is 0 Å². The molecule has 2 atom stereocenters. The Labute approximate surface area is 76.9 Å². The average molecular weight is 180 g/mol. The molecule has 2 rings (SSSR count). The second kappa shape index (κ2) is 3.36. The monoisotopic (exact) mass is 180 g/mol. The Hall–Kier alpha value is -1.06. The van der Waals surface area contributed by atoms with Gasteiger partial charge in [0.05, 0.1) is 0 Å². The molecule has 1 heterocycles. The van der Waals surface area contributed by atoms with Crippen LogP contribution in [0.5, 0.6) is 5.75 Å². The molecule has 70 valence electrons. The van der Waals surface area contributed by atoms with Gasteiger partial charge in [0.25, 0.3) is 0 Å². The molecule has 0 saturated heterocycles. The third-order valence-electron chi connectivity index (χ3n) is 2.19. The Bertz CT molecular complexity index is 298. The van der Waals surface area contributed by atoms with Crippen LogP contribution in [0.15, 0.2) is 24.3 Å². The minimum absolute atomic E-state index is 0.533. The van der Waals surface area contributed by atoms with Crippen molar-refractivity contribution in [3.8, 4) is 5.75 Å². The summed E-state index contributed by atoms with van der Waals surface area (Å²) in [5.74, 6) is 0.805. The van der Waals surface area contributed by atoms with Crippen molar-refractivity contribution >= 4 is 0 Å². The average Bonchev–Trinajstić information content (AvgIpc) is 2.17. The molecular weight excluding hydrogens is 168 g/mol. The zero-order valence-corrected chi connectivity index (χ0v) is 7.43. The van der Waals surface area contributed by atoms with Crippen molar-refractivity contribution in [2.45, 2.75) is 18.8 Å². The normalized spacial score (nSPS) is 26.3. The van der Waals surface area contributed by atoms with Crippen LogP contribution in [0, 0.1) is 0 Å². The third-order valence-corrected chi connectivity index (χ3v) is 2.19. The Morgan fingerprint density at radius 2 is 2.23 bits per heavy atom. The molecule has 0 aromatic heterocycles. The lowest BCUT2D eigenvalue weighted by molar-refractivity contribution is -0.135. The molecule has 1 aliphatic heterocycles. The quantitative estimate of drug-likeness (QED) is 0.699. The maximum absolute atomic E-state index is 9.57. The third kappa shape index (κ3) is 1.53. The Kier molecular flexibility index (Phi) is 2.20. The fraction of sp³-hybridized carbons (Fsp3) is 0.400. The summed E-state index contributed by atoms with van der Waals surface area (Å²) in [5, 5.41) is 9.57. The van der Waals surface area contributed by atoms with Crippen molar-refractivity contribution in [2.24, 2.45) is 0 Å². The maximum atomic E-state index is 9.57. The Balaban J connectivity index is 2.27. The maximum Gasteiger partial charge on any atom is 0.226 e. The smallest absolute Gasteiger partial charge is 0.226 e. The van der Waals surface area contributed by atoms with Gasteiger partial charge in [-0.2, -0.15) is 0 Å². The molecular formula is C10H12O3. The van der Waals surface area contributed by atoms with E-state index in [0.29, 0.717) is 6.42 Å². The highest BCUT2D eigenvalue weighted by Gasteiger charge is 2.27. The number of aliphatic hydroxyl groups excluding tert-OH is 1. The van der Waals surface area contributed by atoms with Gasteiger partial charge in [0.15, 0.2) is 0 Å². The van der Waals surface area contributed by atoms with Crippen molar-refractivity contribution in [3.63, 3.8) is 0 Å². The van der Waals surface area contributed by atoms with E-state index < -0.39 is 12.4 Å². The van der Waals surface area contributed by atoms with E-state index in [1.165, 1.54) is 7.11 Å². The van der Waals surface area contributed by atoms with Gasteiger partial charge in [0, 0.05) is 13.5 Å². The highest BCUT2D eigenvalue weighted by atomic mass is 16.7. The number of ether oxygens (including phenoxy) is 2. The minimum atomic E-state index is -0.570. The summed E-state index contributed by atoms with van der Waals surface area (Å²) in [4.78, 5) is 0. The molecule has 0 radical (unpaired) electrons. The van der Waals surface area contributed by atoms with Gasteiger partial charge < -0.3 is 14.6 Å². The molecule has 0 bridgehead atoms. The van der Waals surface area contributed by atoms with Gasteiger partial charge in [-0.1, -0.05) is 18.2 Å². The number of hydrogen-bond donors (Lipinski definition) is 1. The molecule has 3 heteroatoms. The van der Waals surface area contributed by atoms with Crippen LogP contribution in [-0.2, 0) is 11.2 Å². The lowest BCUT2D eigenvalue weighted by atomic mass is 10.0. The zero-order valence-electron chi connectivity index (χ0n) is 7.43. The molecule has 1 aromatic carbocycles. The van der Waals surface area contributed by atoms with Crippen LogP contribution < -0.4 is 4.74 Å². The van der Waals surface area contributed by atoms with Crippen LogP contribution in [0.3, 0.4) is 0 Å². The summed E-state index contributed by atoms with van der Waals surface area (Å²) in [6.07, 6.45) is -0.510. The molecule has 1 aromatic rings. The van der Waals surface area contributed by atoms with E-state index in [-0.39, 0.29) is 0 Å². The predicted molar refractivity (Wildman–Crippen MR) is 47.6 cm³/mol. The van der Waals surface area contributed by atoms with Crippen molar-refractivity contribution in [1.29, 1.82) is 0 Å². The first kappa shape index (κ1) is 8.53. The number of rotatable bonds is 1. The van der Waals surface area contributed by atoms with E-state index in [0.717, 1.165) is 11.3 Å². The van der Waals surface area contributed by atoms with Gasteiger partial charge in [-0.05, 0) is 11.6 Å². The first-order valence-electron chi connectivity index (χ1n) is 4.26. The molecule has 1 N–H and O–H groups in total. The van der Waals surface area contributed by atoms with Crippen molar-refractivity contribution in [1.82, 2.24) is 0 Å². The SMILES string of the molecule is COC1Oc2ccccc2CC1O. The van der Waals surface area contributed by atoms with Crippen LogP contribution in [0.4, 0.5) is 0 Å². The number of hydrogen-bond acceptors (Lipinski definition) is 3. The van der Waals surface area contributed by atoms with Gasteiger partial charge in [0.1, 0.15) is 11.9 Å². The highest BCUT2D eigenvalue weighted by Crippen LogP contribution is 2.27. The molecule has 3 nitrogen and oxygen atoms in total. The van der Waals surface area contributed by atoms with Crippen molar-refractivity contribution in [2.75, 3.05) is 7.11 Å². The van der Waals surface area contributed by atoms with E-state index in [2.05, 4.69) is 0 Å². The molecule has 1 aliphatic rings. The lowest BCUT2D eigenvalue weighted by Crippen LogP contribution is -2.38. The first-order chi connectivity index (χ1) is 6.31. The van der Waals surface area contributed by atoms with Gasteiger partial charge in [-0.3, -0.25) is 0 Å². The van der Waals surface area contributed by atoms with Crippen LogP contribution in [0.25, 0.3) is 0 Å². The van der Waals surface area contributed by atoms with E-state index in [1.807, 2.05) is 24.3 Å². The summed E-state index contributed by atoms with van der Waals surface area (Å²) < 4.78 is 10.4. The number of aliphatic hydroxyl groups is 1. The number of fused-ring (bicyclic) bond motifs is 1. The molecule has 0 saturated carbocycles. The zero-order chi connectivity index (χ0) is 9.26. The molecule has 0 aliphatic carbocycles. The van der Waals surface area contributed by atoms with Gasteiger partial charge in [-0.25, -0.2) is 0 Å². The number of benzene rings is 1. The van der Waals surface area contributed by atoms with E-state index in [4.69, 9.17) is 9.47 Å². The summed E-state index contributed by atoms with van der Waals surface area (Å²) >= 11 is 0. The summed E-state index contributed by atoms with van der Waals surface area (Å²) in [5.41, 5.74) is 1.03. The van der Waals surface area contributed by atoms with E-state index in [1.54, 1.807) is 0 Å². The largest absolute Gasteiger partial charge is 0.462 e. The topological polar surface area (TPSA) is 38.7 Å². The standard InChI is InChI=1S/C10H12O3/c1-12-10-8(11)6-7-4-2-3-5-9(7)13-10/h2-5,8,10-11H,6H2,1H3. The summed E-state index contributed by atoms with van der Waals surface area (Å²) in [6, 6.07) is 7.67. The number of methoxy groups -OCH3 is 1. The van der Waals surface area contributed by atoms with Crippen LogP contribution in [-0.4, -0.2) is 24.6 Å². The van der Waals surface area contributed by atoms with Gasteiger partial charge >= 0.3 is 0 Å². The fourth-order valence-corrected chi connectivity index (χ4v) is 1.52. The Morgan fingerprint density at radius 3 is 3.00 bits per heavy atom. The summed E-state index contributed by atoms with van der Waals surface area (Å²) in [7, 11) is 1.53. The van der Waals surface area contributed by atoms with Crippen molar-refractivity contribution in [3.05, 3.63) is 29.8 Å². The van der Waals surface area contributed by atoms with Crippen LogP contribution in [0.2, 0.25) is 0 Å². The first-order valence-corrected chi connectivity index (χ1v) is 4.26. The molecule has 0 spiro atoms. The molecule has 13 heavy (non-hydrogen) atoms. The second-order valence-electron chi connectivity index (χ2n) is 3.10. The van der Waals surface area contributed by atoms with Gasteiger partial charge in [0.2, 0.25) is 6.29 Å². The van der Waals surface area contributed by atoms with Gasteiger partial charge in [-0.15, -0.1) is 0 Å². The molecule has 0 amide bonds.